The molecule has 0 bridgehead atoms. The van der Waals surface area contributed by atoms with Gasteiger partial charge in [-0.25, -0.2) is 9.37 Å². The lowest BCUT2D eigenvalue weighted by Crippen LogP contribution is -2.14. The van der Waals surface area contributed by atoms with Crippen molar-refractivity contribution in [3.63, 3.8) is 0 Å². The fraction of sp³-hybridized carbons (Fsp3) is 0.130. The average molecular weight is 534 g/mol. The van der Waals surface area contributed by atoms with Crippen molar-refractivity contribution >= 4 is 57.3 Å². The van der Waals surface area contributed by atoms with Crippen LogP contribution >= 0.6 is 46.3 Å². The van der Waals surface area contributed by atoms with Gasteiger partial charge in [0.1, 0.15) is 5.82 Å². The number of allylic oxidation sites excluding steroid dienone is 1. The van der Waals surface area contributed by atoms with E-state index in [0.717, 1.165) is 16.0 Å². The summed E-state index contributed by atoms with van der Waals surface area (Å²) in [6, 6.07) is 11.5. The molecule has 0 atom stereocenters. The summed E-state index contributed by atoms with van der Waals surface area (Å²) in [7, 11) is 0. The lowest BCUT2D eigenvalue weighted by atomic mass is 10.1. The molecule has 2 aromatic heterocycles. The van der Waals surface area contributed by atoms with E-state index in [1.165, 1.54) is 35.2 Å². The van der Waals surface area contributed by atoms with Gasteiger partial charge >= 0.3 is 0 Å². The van der Waals surface area contributed by atoms with Crippen molar-refractivity contribution in [3.05, 3.63) is 87.6 Å². The number of amides is 1. The monoisotopic (exact) mass is 533 g/mol. The van der Waals surface area contributed by atoms with Crippen LogP contribution in [0.5, 0.6) is 0 Å². The molecule has 2 aromatic carbocycles. The number of anilines is 1. The zero-order valence-corrected chi connectivity index (χ0v) is 20.8. The van der Waals surface area contributed by atoms with Gasteiger partial charge in [-0.2, -0.15) is 0 Å². The molecule has 0 radical (unpaired) electrons. The average Bonchev–Trinajstić information content (AvgIpc) is 3.42. The van der Waals surface area contributed by atoms with Gasteiger partial charge in [-0.05, 0) is 42.0 Å². The number of hydrogen-bond donors (Lipinski definition) is 1. The molecule has 11 heteroatoms. The number of nitrogens with one attached hydrogen (secondary N) is 1. The molecule has 34 heavy (non-hydrogen) atoms. The number of hydrogen-bond acceptors (Lipinski definition) is 6. The molecule has 1 amide bonds. The zero-order chi connectivity index (χ0) is 24.1. The number of aromatic nitrogens is 4. The number of halogens is 3. The molecule has 2 heterocycles. The second-order valence-electron chi connectivity index (χ2n) is 7.11. The molecule has 0 saturated heterocycles. The Bertz CT molecular complexity index is 1320. The van der Waals surface area contributed by atoms with Crippen LogP contribution in [0.25, 0.3) is 11.4 Å². The Morgan fingerprint density at radius 2 is 1.97 bits per heavy atom. The normalized spacial score (nSPS) is 10.9. The van der Waals surface area contributed by atoms with Crippen LogP contribution in [-0.4, -0.2) is 31.4 Å². The number of carbonyl (C=O) groups is 1. The maximum absolute atomic E-state index is 13.3. The van der Waals surface area contributed by atoms with Gasteiger partial charge in [0.2, 0.25) is 5.91 Å². The highest BCUT2D eigenvalue weighted by molar-refractivity contribution is 7.99. The number of thiazole rings is 1. The van der Waals surface area contributed by atoms with E-state index >= 15 is 0 Å². The van der Waals surface area contributed by atoms with E-state index < -0.39 is 0 Å². The number of benzene rings is 2. The Morgan fingerprint density at radius 3 is 2.71 bits per heavy atom. The van der Waals surface area contributed by atoms with E-state index in [2.05, 4.69) is 27.1 Å². The lowest BCUT2D eigenvalue weighted by Gasteiger charge is -2.07. The maximum Gasteiger partial charge on any atom is 0.236 e. The minimum Gasteiger partial charge on any atom is -0.301 e. The van der Waals surface area contributed by atoms with E-state index in [9.17, 15) is 9.18 Å². The first kappa shape index (κ1) is 24.4. The minimum absolute atomic E-state index is 0.125. The molecule has 0 aliphatic rings. The van der Waals surface area contributed by atoms with Crippen LogP contribution < -0.4 is 5.32 Å². The van der Waals surface area contributed by atoms with Crippen molar-refractivity contribution in [1.29, 1.82) is 0 Å². The fourth-order valence-corrected chi connectivity index (χ4v) is 5.02. The Labute approximate surface area is 213 Å². The Balaban J connectivity index is 1.37. The predicted octanol–water partition coefficient (Wildman–Crippen LogP) is 6.36. The van der Waals surface area contributed by atoms with Crippen LogP contribution in [0.1, 0.15) is 10.4 Å². The smallest absolute Gasteiger partial charge is 0.236 e. The number of carbonyl (C=O) groups excluding carboxylic acids is 1. The molecular weight excluding hydrogens is 516 g/mol. The summed E-state index contributed by atoms with van der Waals surface area (Å²) in [5, 5.41) is 13.3. The summed E-state index contributed by atoms with van der Waals surface area (Å²) in [4.78, 5) is 17.8. The predicted molar refractivity (Wildman–Crippen MR) is 136 cm³/mol. The molecule has 174 valence electrons. The highest BCUT2D eigenvalue weighted by Gasteiger charge is 2.16. The SMILES string of the molecule is C=CCn1c(SCC(=O)Nc2ncc(Cc3ccc(Cl)c(Cl)c3)s2)nnc1-c1ccc(F)cc1. The fourth-order valence-electron chi connectivity index (χ4n) is 3.08. The quantitative estimate of drug-likeness (QED) is 0.200. The van der Waals surface area contributed by atoms with Gasteiger partial charge in [0.15, 0.2) is 16.1 Å². The topological polar surface area (TPSA) is 72.7 Å². The molecule has 0 saturated carbocycles. The van der Waals surface area contributed by atoms with Gasteiger partial charge < -0.3 is 5.32 Å². The largest absolute Gasteiger partial charge is 0.301 e. The molecule has 4 rings (SSSR count). The third-order valence-electron chi connectivity index (χ3n) is 4.63. The summed E-state index contributed by atoms with van der Waals surface area (Å²) < 4.78 is 15.1. The maximum atomic E-state index is 13.3. The first-order valence-corrected chi connectivity index (χ1v) is 12.6. The number of nitrogens with zero attached hydrogens (tertiary/aromatic N) is 4. The molecule has 6 nitrogen and oxygen atoms in total. The van der Waals surface area contributed by atoms with Gasteiger partial charge in [0, 0.05) is 29.6 Å². The van der Waals surface area contributed by atoms with Crippen molar-refractivity contribution in [3.8, 4) is 11.4 Å². The van der Waals surface area contributed by atoms with Crippen LogP contribution in [0.3, 0.4) is 0 Å². The van der Waals surface area contributed by atoms with Crippen LogP contribution in [0.2, 0.25) is 10.0 Å². The van der Waals surface area contributed by atoms with Gasteiger partial charge in [-0.15, -0.1) is 28.1 Å². The Kier molecular flexibility index (Phi) is 7.99. The van der Waals surface area contributed by atoms with Crippen molar-refractivity contribution in [1.82, 2.24) is 19.7 Å². The summed E-state index contributed by atoms with van der Waals surface area (Å²) in [5.41, 5.74) is 1.73. The van der Waals surface area contributed by atoms with Crippen LogP contribution in [-0.2, 0) is 17.8 Å². The zero-order valence-electron chi connectivity index (χ0n) is 17.7. The van der Waals surface area contributed by atoms with E-state index in [0.29, 0.717) is 39.1 Å². The Morgan fingerprint density at radius 1 is 1.18 bits per heavy atom. The molecular formula is C23H18Cl2FN5OS2. The lowest BCUT2D eigenvalue weighted by molar-refractivity contribution is -0.113. The minimum atomic E-state index is -0.327. The molecule has 4 aromatic rings. The highest BCUT2D eigenvalue weighted by Crippen LogP contribution is 2.27. The van der Waals surface area contributed by atoms with Gasteiger partial charge in [0.25, 0.3) is 0 Å². The summed E-state index contributed by atoms with van der Waals surface area (Å²) in [6.07, 6.45) is 4.08. The van der Waals surface area contributed by atoms with Crippen LogP contribution in [0.4, 0.5) is 9.52 Å². The van der Waals surface area contributed by atoms with Crippen molar-refractivity contribution < 1.29 is 9.18 Å². The van der Waals surface area contributed by atoms with E-state index in [1.54, 1.807) is 30.5 Å². The molecule has 0 fully saturated rings. The van der Waals surface area contributed by atoms with Gasteiger partial charge in [0.05, 0.1) is 15.8 Å². The third-order valence-corrected chi connectivity index (χ3v) is 7.24. The summed E-state index contributed by atoms with van der Waals surface area (Å²) in [5.74, 6) is 0.166. The second-order valence-corrected chi connectivity index (χ2v) is 9.98. The van der Waals surface area contributed by atoms with Crippen molar-refractivity contribution in [2.45, 2.75) is 18.1 Å². The molecule has 1 N–H and O–H groups in total. The first-order valence-electron chi connectivity index (χ1n) is 10.0. The van der Waals surface area contributed by atoms with Crippen molar-refractivity contribution in [2.24, 2.45) is 0 Å². The van der Waals surface area contributed by atoms with E-state index in [-0.39, 0.29) is 17.5 Å². The molecule has 0 spiro atoms. The van der Waals surface area contributed by atoms with Gasteiger partial charge in [-0.1, -0.05) is 47.1 Å². The van der Waals surface area contributed by atoms with E-state index in [4.69, 9.17) is 23.2 Å². The second kappa shape index (κ2) is 11.1. The third kappa shape index (κ3) is 6.04. The van der Waals surface area contributed by atoms with Crippen LogP contribution in [0.15, 0.2) is 66.5 Å². The first-order chi connectivity index (χ1) is 16.4. The number of rotatable bonds is 9. The summed E-state index contributed by atoms with van der Waals surface area (Å²) in [6.45, 7) is 4.22. The van der Waals surface area contributed by atoms with Crippen LogP contribution in [0, 0.1) is 5.82 Å². The molecule has 0 aliphatic heterocycles. The highest BCUT2D eigenvalue weighted by atomic mass is 35.5. The number of thioether (sulfide) groups is 1. The molecule has 0 aliphatic carbocycles. The standard InChI is InChI=1S/C23H18Cl2FN5OS2/c1-2-9-31-21(15-4-6-16(26)7-5-15)29-30-23(31)33-13-20(32)28-22-27-12-17(34-22)10-14-3-8-18(24)19(25)11-14/h2-8,11-12H,1,9-10,13H2,(H,27,28,32). The van der Waals surface area contributed by atoms with E-state index in [1.807, 2.05) is 16.7 Å². The van der Waals surface area contributed by atoms with Gasteiger partial charge in [-0.3, -0.25) is 9.36 Å². The molecule has 0 unspecified atom stereocenters. The Hall–Kier alpha value is -2.72. The summed E-state index contributed by atoms with van der Waals surface area (Å²) >= 11 is 14.7. The van der Waals surface area contributed by atoms with Crippen molar-refractivity contribution in [2.75, 3.05) is 11.1 Å².